The molecule has 186 valence electrons. The number of ether oxygens (including phenoxy) is 2. The fraction of sp³-hybridized carbons (Fsp3) is 0.481. The average Bonchev–Trinajstić information content (AvgIpc) is 2.84. The summed E-state index contributed by atoms with van der Waals surface area (Å²) < 4.78 is 10.6. The number of carbonyl (C=O) groups excluding carboxylic acids is 2. The third-order valence-corrected chi connectivity index (χ3v) is 5.98. The number of urea groups is 1. The third kappa shape index (κ3) is 7.97. The lowest BCUT2D eigenvalue weighted by atomic mass is 10.0. The highest BCUT2D eigenvalue weighted by molar-refractivity contribution is 5.90. The monoisotopic (exact) mass is 469 g/mol. The molecular formula is C27H39N3O4. The molecule has 2 N–H and O–H groups in total. The number of benzene rings is 2. The fourth-order valence-electron chi connectivity index (χ4n) is 3.58. The molecule has 0 spiro atoms. The second kappa shape index (κ2) is 13.5. The zero-order valence-corrected chi connectivity index (χ0v) is 21.3. The predicted octanol–water partition coefficient (Wildman–Crippen LogP) is 5.21. The summed E-state index contributed by atoms with van der Waals surface area (Å²) in [7, 11) is 3.20. The van der Waals surface area contributed by atoms with Gasteiger partial charge in [0.2, 0.25) is 5.91 Å². The Morgan fingerprint density at radius 3 is 2.24 bits per heavy atom. The maximum Gasteiger partial charge on any atom is 0.322 e. The van der Waals surface area contributed by atoms with E-state index < -0.39 is 0 Å². The van der Waals surface area contributed by atoms with Gasteiger partial charge in [0.25, 0.3) is 0 Å². The van der Waals surface area contributed by atoms with Crippen molar-refractivity contribution in [3.05, 3.63) is 53.6 Å². The van der Waals surface area contributed by atoms with Crippen LogP contribution >= 0.6 is 0 Å². The number of carbonyl (C=O) groups is 2. The second-order valence-electron chi connectivity index (χ2n) is 8.70. The van der Waals surface area contributed by atoms with E-state index in [1.165, 1.54) is 5.56 Å². The number of anilines is 1. The molecule has 0 aromatic heterocycles. The first-order valence-corrected chi connectivity index (χ1v) is 11.9. The summed E-state index contributed by atoms with van der Waals surface area (Å²) in [5.41, 5.74) is 3.02. The van der Waals surface area contributed by atoms with Crippen LogP contribution < -0.4 is 20.1 Å². The van der Waals surface area contributed by atoms with Gasteiger partial charge in [0.05, 0.1) is 14.2 Å². The van der Waals surface area contributed by atoms with Crippen LogP contribution in [0.1, 0.15) is 57.6 Å². The number of amides is 3. The van der Waals surface area contributed by atoms with Crippen molar-refractivity contribution >= 4 is 17.6 Å². The van der Waals surface area contributed by atoms with E-state index in [2.05, 4.69) is 24.5 Å². The Kier molecular flexibility index (Phi) is 10.7. The smallest absolute Gasteiger partial charge is 0.322 e. The second-order valence-corrected chi connectivity index (χ2v) is 8.70. The maximum atomic E-state index is 12.9. The first-order valence-electron chi connectivity index (χ1n) is 11.9. The largest absolute Gasteiger partial charge is 0.493 e. The van der Waals surface area contributed by atoms with Crippen LogP contribution in [0.25, 0.3) is 0 Å². The maximum absolute atomic E-state index is 12.9. The van der Waals surface area contributed by atoms with Crippen molar-refractivity contribution in [2.45, 2.75) is 58.9 Å². The Balaban J connectivity index is 1.86. The number of hydrogen-bond acceptors (Lipinski definition) is 4. The molecule has 2 aromatic carbocycles. The van der Waals surface area contributed by atoms with E-state index in [0.29, 0.717) is 36.9 Å². The number of rotatable bonds is 12. The topological polar surface area (TPSA) is 79.9 Å². The van der Waals surface area contributed by atoms with Crippen LogP contribution in [-0.4, -0.2) is 50.2 Å². The zero-order valence-electron chi connectivity index (χ0n) is 21.3. The van der Waals surface area contributed by atoms with Gasteiger partial charge in [-0.3, -0.25) is 4.79 Å². The summed E-state index contributed by atoms with van der Waals surface area (Å²) >= 11 is 0. The quantitative estimate of drug-likeness (QED) is 0.447. The first-order chi connectivity index (χ1) is 16.3. The van der Waals surface area contributed by atoms with E-state index in [0.717, 1.165) is 17.7 Å². The van der Waals surface area contributed by atoms with Gasteiger partial charge in [-0.1, -0.05) is 39.0 Å². The van der Waals surface area contributed by atoms with E-state index in [-0.39, 0.29) is 24.4 Å². The minimum atomic E-state index is -0.190. The van der Waals surface area contributed by atoms with Gasteiger partial charge in [0, 0.05) is 31.2 Å². The molecular weight excluding hydrogens is 430 g/mol. The highest BCUT2D eigenvalue weighted by atomic mass is 16.5. The molecule has 0 aliphatic carbocycles. The van der Waals surface area contributed by atoms with Gasteiger partial charge in [0.1, 0.15) is 0 Å². The van der Waals surface area contributed by atoms with Crippen molar-refractivity contribution < 1.29 is 19.1 Å². The summed E-state index contributed by atoms with van der Waals surface area (Å²) in [6.45, 7) is 9.16. The van der Waals surface area contributed by atoms with Gasteiger partial charge in [-0.05, 0) is 61.1 Å². The fourth-order valence-corrected chi connectivity index (χ4v) is 3.58. The van der Waals surface area contributed by atoms with Gasteiger partial charge < -0.3 is 25.0 Å². The summed E-state index contributed by atoms with van der Waals surface area (Å²) in [5.74, 6) is 1.70. The number of nitrogens with one attached hydrogen (secondary N) is 2. The lowest BCUT2D eigenvalue weighted by molar-refractivity contribution is -0.121. The summed E-state index contributed by atoms with van der Waals surface area (Å²) in [4.78, 5) is 27.1. The highest BCUT2D eigenvalue weighted by Crippen LogP contribution is 2.27. The van der Waals surface area contributed by atoms with Gasteiger partial charge in [-0.25, -0.2) is 4.79 Å². The van der Waals surface area contributed by atoms with Crippen molar-refractivity contribution in [3.8, 4) is 11.5 Å². The molecule has 2 rings (SSSR count). The Labute approximate surface area is 203 Å². The molecule has 0 saturated carbocycles. The Bertz CT molecular complexity index is 928. The molecule has 0 bridgehead atoms. The standard InChI is InChI=1S/C27H39N3O4/c1-7-20(4)30(27(32)29-23-11-9-22(10-12-23)19(2)3)17-15-26(31)28-16-14-21-8-13-24(33-5)25(18-21)34-6/h8-13,18-20H,7,14-17H2,1-6H3,(H,28,31)(H,29,32). The van der Waals surface area contributed by atoms with E-state index >= 15 is 0 Å². The van der Waals surface area contributed by atoms with Crippen LogP contribution in [0.2, 0.25) is 0 Å². The molecule has 2 aromatic rings. The molecule has 1 unspecified atom stereocenters. The number of nitrogens with zero attached hydrogens (tertiary/aromatic N) is 1. The SMILES string of the molecule is CCC(C)N(CCC(=O)NCCc1ccc(OC)c(OC)c1)C(=O)Nc1ccc(C(C)C)cc1. The molecule has 1 atom stereocenters. The van der Waals surface area contributed by atoms with Gasteiger partial charge >= 0.3 is 6.03 Å². The molecule has 0 aliphatic rings. The van der Waals surface area contributed by atoms with Crippen molar-refractivity contribution in [1.29, 1.82) is 0 Å². The van der Waals surface area contributed by atoms with E-state index in [1.54, 1.807) is 19.1 Å². The minimum absolute atomic E-state index is 0.0227. The van der Waals surface area contributed by atoms with Crippen molar-refractivity contribution in [3.63, 3.8) is 0 Å². The molecule has 0 saturated heterocycles. The van der Waals surface area contributed by atoms with E-state index in [9.17, 15) is 9.59 Å². The molecule has 34 heavy (non-hydrogen) atoms. The van der Waals surface area contributed by atoms with Crippen molar-refractivity contribution in [1.82, 2.24) is 10.2 Å². The van der Waals surface area contributed by atoms with Crippen LogP contribution in [0.3, 0.4) is 0 Å². The molecule has 3 amide bonds. The number of hydrogen-bond donors (Lipinski definition) is 2. The highest BCUT2D eigenvalue weighted by Gasteiger charge is 2.20. The van der Waals surface area contributed by atoms with Crippen LogP contribution in [0, 0.1) is 0 Å². The van der Waals surface area contributed by atoms with Gasteiger partial charge in [0.15, 0.2) is 11.5 Å². The van der Waals surface area contributed by atoms with Gasteiger partial charge in [-0.2, -0.15) is 0 Å². The predicted molar refractivity (Wildman–Crippen MR) is 137 cm³/mol. The first kappa shape index (κ1) is 27.0. The van der Waals surface area contributed by atoms with Crippen LogP contribution in [0.4, 0.5) is 10.5 Å². The average molecular weight is 470 g/mol. The third-order valence-electron chi connectivity index (χ3n) is 5.98. The summed E-state index contributed by atoms with van der Waals surface area (Å²) in [6.07, 6.45) is 1.73. The van der Waals surface area contributed by atoms with Gasteiger partial charge in [-0.15, -0.1) is 0 Å². The lowest BCUT2D eigenvalue weighted by Gasteiger charge is -2.28. The van der Waals surface area contributed by atoms with E-state index in [4.69, 9.17) is 9.47 Å². The normalized spacial score (nSPS) is 11.6. The molecule has 0 fully saturated rings. The Morgan fingerprint density at radius 1 is 0.971 bits per heavy atom. The molecule has 0 aliphatic heterocycles. The molecule has 0 heterocycles. The molecule has 7 nitrogen and oxygen atoms in total. The van der Waals surface area contributed by atoms with E-state index in [1.807, 2.05) is 56.3 Å². The Hall–Kier alpha value is -3.22. The summed E-state index contributed by atoms with van der Waals surface area (Å²) in [5, 5.41) is 5.91. The van der Waals surface area contributed by atoms with Crippen molar-refractivity contribution in [2.24, 2.45) is 0 Å². The lowest BCUT2D eigenvalue weighted by Crippen LogP contribution is -2.43. The summed E-state index contributed by atoms with van der Waals surface area (Å²) in [6, 6.07) is 13.4. The van der Waals surface area contributed by atoms with Crippen LogP contribution in [-0.2, 0) is 11.2 Å². The zero-order chi connectivity index (χ0) is 25.1. The minimum Gasteiger partial charge on any atom is -0.493 e. The number of methoxy groups -OCH3 is 2. The molecule has 7 heteroatoms. The molecule has 0 radical (unpaired) electrons. The van der Waals surface area contributed by atoms with Crippen LogP contribution in [0.15, 0.2) is 42.5 Å². The van der Waals surface area contributed by atoms with Crippen LogP contribution in [0.5, 0.6) is 11.5 Å². The Morgan fingerprint density at radius 2 is 1.65 bits per heavy atom. The van der Waals surface area contributed by atoms with Crippen molar-refractivity contribution in [2.75, 3.05) is 32.6 Å².